The first-order valence-corrected chi connectivity index (χ1v) is 6.35. The van der Waals surface area contributed by atoms with Crippen molar-refractivity contribution < 1.29 is 9.47 Å². The minimum absolute atomic E-state index is 0.0156. The van der Waals surface area contributed by atoms with Gasteiger partial charge in [-0.1, -0.05) is 12.1 Å². The molecule has 0 N–H and O–H groups in total. The molecule has 3 rings (SSSR count). The highest BCUT2D eigenvalue weighted by molar-refractivity contribution is 14.1. The Hall–Kier alpha value is -0.530. The van der Waals surface area contributed by atoms with Gasteiger partial charge in [0.15, 0.2) is 0 Å². The minimum Gasteiger partial charge on any atom is -0.454 e. The molecule has 16 heavy (non-hydrogen) atoms. The second-order valence-corrected chi connectivity index (χ2v) is 4.91. The van der Waals surface area contributed by atoms with E-state index in [1.165, 1.54) is 0 Å². The quantitative estimate of drug-likeness (QED) is 0.579. The normalized spacial score (nSPS) is 25.3. The van der Waals surface area contributed by atoms with Crippen LogP contribution in [0.25, 0.3) is 0 Å². The van der Waals surface area contributed by atoms with Crippen LogP contribution in [0.4, 0.5) is 5.69 Å². The summed E-state index contributed by atoms with van der Waals surface area (Å²) in [6.07, 6.45) is 0.0156. The Kier molecular flexibility index (Phi) is 2.91. The van der Waals surface area contributed by atoms with Crippen LogP contribution in [0, 0.1) is 0 Å². The number of morpholine rings is 1. The molecule has 86 valence electrons. The molecule has 1 aromatic rings. The fourth-order valence-corrected chi connectivity index (χ4v) is 2.89. The Balaban J connectivity index is 1.80. The fraction of sp³-hybridized carbons (Fsp3) is 0.455. The van der Waals surface area contributed by atoms with E-state index < -0.39 is 0 Å². The molecule has 1 fully saturated rings. The Morgan fingerprint density at radius 3 is 2.69 bits per heavy atom. The van der Waals surface area contributed by atoms with Gasteiger partial charge in [0.05, 0.1) is 41.8 Å². The molecule has 0 saturated carbocycles. The van der Waals surface area contributed by atoms with E-state index in [0.717, 1.165) is 37.7 Å². The number of benzene rings is 1. The Morgan fingerprint density at radius 2 is 1.94 bits per heavy atom. The molecule has 0 aliphatic carbocycles. The lowest BCUT2D eigenvalue weighted by molar-refractivity contribution is -0.0312. The smallest absolute Gasteiger partial charge is 0.241 e. The number of hydrogen-bond acceptors (Lipinski definition) is 4. The first-order chi connectivity index (χ1) is 7.86. The summed E-state index contributed by atoms with van der Waals surface area (Å²) in [6.45, 7) is 3.44. The summed E-state index contributed by atoms with van der Waals surface area (Å²) in [5, 5.41) is 0. The van der Waals surface area contributed by atoms with Crippen molar-refractivity contribution in [3.05, 3.63) is 24.3 Å². The van der Waals surface area contributed by atoms with E-state index in [1.807, 2.05) is 18.2 Å². The zero-order chi connectivity index (χ0) is 11.0. The number of anilines is 1. The van der Waals surface area contributed by atoms with Crippen LogP contribution in [0.1, 0.15) is 0 Å². The van der Waals surface area contributed by atoms with Gasteiger partial charge in [-0.25, -0.2) is 4.90 Å². The maximum absolute atomic E-state index is 5.95. The molecular formula is C11H13IN2O2. The van der Waals surface area contributed by atoms with E-state index in [-0.39, 0.29) is 6.35 Å². The monoisotopic (exact) mass is 332 g/mol. The third kappa shape index (κ3) is 1.76. The van der Waals surface area contributed by atoms with E-state index in [1.54, 1.807) is 0 Å². The molecule has 5 heteroatoms. The van der Waals surface area contributed by atoms with Crippen molar-refractivity contribution >= 4 is 28.6 Å². The molecule has 0 radical (unpaired) electrons. The van der Waals surface area contributed by atoms with Gasteiger partial charge in [-0.2, -0.15) is 0 Å². The summed E-state index contributed by atoms with van der Waals surface area (Å²) < 4.78 is 13.5. The zero-order valence-corrected chi connectivity index (χ0v) is 11.0. The van der Waals surface area contributed by atoms with E-state index in [0.29, 0.717) is 0 Å². The highest BCUT2D eigenvalue weighted by Crippen LogP contribution is 2.40. The minimum atomic E-state index is 0.0156. The topological polar surface area (TPSA) is 24.9 Å². The van der Waals surface area contributed by atoms with Crippen LogP contribution in [0.15, 0.2) is 24.3 Å². The summed E-state index contributed by atoms with van der Waals surface area (Å²) in [5.41, 5.74) is 1.15. The van der Waals surface area contributed by atoms with Crippen molar-refractivity contribution in [2.45, 2.75) is 6.35 Å². The maximum atomic E-state index is 5.95. The highest BCUT2D eigenvalue weighted by Gasteiger charge is 2.34. The molecule has 4 nitrogen and oxygen atoms in total. The van der Waals surface area contributed by atoms with Gasteiger partial charge in [-0.05, 0) is 12.1 Å². The van der Waals surface area contributed by atoms with E-state index in [4.69, 9.17) is 9.47 Å². The van der Waals surface area contributed by atoms with Gasteiger partial charge in [0.25, 0.3) is 0 Å². The molecule has 0 aromatic heterocycles. The predicted molar refractivity (Wildman–Crippen MR) is 69.7 cm³/mol. The van der Waals surface area contributed by atoms with Crippen molar-refractivity contribution in [1.29, 1.82) is 0 Å². The standard InChI is InChI=1S/C11H13IN2O2/c12-14-9-3-1-2-4-10(9)16-11(14)13-5-7-15-8-6-13/h1-4,11H,5-8H2. The van der Waals surface area contributed by atoms with E-state index in [9.17, 15) is 0 Å². The summed E-state index contributed by atoms with van der Waals surface area (Å²) in [7, 11) is 0. The fourth-order valence-electron chi connectivity index (χ4n) is 2.03. The van der Waals surface area contributed by atoms with Crippen molar-refractivity contribution in [3.63, 3.8) is 0 Å². The van der Waals surface area contributed by atoms with Crippen LogP contribution in [-0.2, 0) is 4.74 Å². The summed E-state index contributed by atoms with van der Waals surface area (Å²) in [6, 6.07) is 8.14. The molecule has 2 heterocycles. The molecule has 1 unspecified atom stereocenters. The van der Waals surface area contributed by atoms with Crippen molar-refractivity contribution in [3.8, 4) is 5.75 Å². The summed E-state index contributed by atoms with van der Waals surface area (Å²) in [5.74, 6) is 0.966. The average molecular weight is 332 g/mol. The molecule has 1 saturated heterocycles. The van der Waals surface area contributed by atoms with Gasteiger partial charge in [0.2, 0.25) is 6.35 Å². The summed E-state index contributed by atoms with van der Waals surface area (Å²) in [4.78, 5) is 2.30. The molecular weight excluding hydrogens is 319 g/mol. The van der Waals surface area contributed by atoms with Gasteiger partial charge in [0.1, 0.15) is 5.75 Å². The number of rotatable bonds is 1. The Bertz CT molecular complexity index is 382. The van der Waals surface area contributed by atoms with E-state index >= 15 is 0 Å². The largest absolute Gasteiger partial charge is 0.454 e. The first kappa shape index (κ1) is 10.6. The van der Waals surface area contributed by atoms with Crippen LogP contribution in [-0.4, -0.2) is 37.6 Å². The number of fused-ring (bicyclic) bond motifs is 1. The number of halogens is 1. The van der Waals surface area contributed by atoms with Crippen molar-refractivity contribution in [1.82, 2.24) is 4.90 Å². The van der Waals surface area contributed by atoms with Crippen molar-refractivity contribution in [2.24, 2.45) is 0 Å². The molecule has 0 spiro atoms. The number of ether oxygens (including phenoxy) is 2. The van der Waals surface area contributed by atoms with Crippen LogP contribution in [0.2, 0.25) is 0 Å². The summed E-state index contributed by atoms with van der Waals surface area (Å²) >= 11 is 2.31. The zero-order valence-electron chi connectivity index (χ0n) is 8.80. The predicted octanol–water partition coefficient (Wildman–Crippen LogP) is 1.85. The van der Waals surface area contributed by atoms with Crippen LogP contribution >= 0.6 is 22.9 Å². The van der Waals surface area contributed by atoms with Gasteiger partial charge < -0.3 is 9.47 Å². The SMILES string of the molecule is IN1c2ccccc2OC1N1CCOCC1. The van der Waals surface area contributed by atoms with Crippen LogP contribution in [0.3, 0.4) is 0 Å². The number of para-hydroxylation sites is 2. The second kappa shape index (κ2) is 4.38. The van der Waals surface area contributed by atoms with Crippen LogP contribution in [0.5, 0.6) is 5.75 Å². The lowest BCUT2D eigenvalue weighted by Gasteiger charge is -2.33. The number of hydrogen-bond donors (Lipinski definition) is 0. The van der Waals surface area contributed by atoms with Gasteiger partial charge in [0, 0.05) is 13.1 Å². The Morgan fingerprint density at radius 1 is 1.19 bits per heavy atom. The highest BCUT2D eigenvalue weighted by atomic mass is 127. The third-order valence-corrected chi connectivity index (χ3v) is 3.88. The van der Waals surface area contributed by atoms with E-state index in [2.05, 4.69) is 36.9 Å². The van der Waals surface area contributed by atoms with Gasteiger partial charge >= 0.3 is 0 Å². The molecule has 0 bridgehead atoms. The molecule has 2 aliphatic rings. The molecule has 0 amide bonds. The second-order valence-electron chi connectivity index (χ2n) is 3.87. The Labute approximate surface area is 109 Å². The first-order valence-electron chi connectivity index (χ1n) is 5.39. The lowest BCUT2D eigenvalue weighted by Crippen LogP contribution is -2.50. The van der Waals surface area contributed by atoms with Gasteiger partial charge in [-0.3, -0.25) is 3.11 Å². The average Bonchev–Trinajstić information content (AvgIpc) is 2.69. The molecule has 1 atom stereocenters. The molecule has 1 aromatic carbocycles. The molecule has 2 aliphatic heterocycles. The third-order valence-electron chi connectivity index (χ3n) is 2.88. The number of nitrogens with zero attached hydrogens (tertiary/aromatic N) is 2. The lowest BCUT2D eigenvalue weighted by atomic mass is 10.3. The van der Waals surface area contributed by atoms with Gasteiger partial charge in [-0.15, -0.1) is 0 Å². The maximum Gasteiger partial charge on any atom is 0.241 e. The van der Waals surface area contributed by atoms with Crippen LogP contribution < -0.4 is 7.85 Å². The van der Waals surface area contributed by atoms with Crippen molar-refractivity contribution in [2.75, 3.05) is 29.4 Å².